The summed E-state index contributed by atoms with van der Waals surface area (Å²) < 4.78 is 38.2. The molecule has 0 heterocycles. The van der Waals surface area contributed by atoms with E-state index in [1.54, 1.807) is 6.07 Å². The van der Waals surface area contributed by atoms with Crippen LogP contribution >= 0.6 is 0 Å². The number of benzene rings is 1. The zero-order valence-electron chi connectivity index (χ0n) is 7.97. The maximum Gasteiger partial charge on any atom is 0.257 e. The van der Waals surface area contributed by atoms with Gasteiger partial charge in [-0.25, -0.2) is 13.2 Å². The fraction of sp³-hybridized carbons (Fsp3) is 0.300. The predicted octanol–water partition coefficient (Wildman–Crippen LogP) is 2.22. The molecule has 0 aliphatic rings. The number of alkyl halides is 2. The van der Waals surface area contributed by atoms with Crippen LogP contribution in [0.15, 0.2) is 18.2 Å². The molecular formula is C10H9F3N2. The van der Waals surface area contributed by atoms with E-state index in [1.807, 2.05) is 0 Å². The van der Waals surface area contributed by atoms with Gasteiger partial charge in [-0.2, -0.15) is 5.26 Å². The molecule has 15 heavy (non-hydrogen) atoms. The molecule has 0 radical (unpaired) electrons. The lowest BCUT2D eigenvalue weighted by molar-refractivity contribution is 0.100. The molecular weight excluding hydrogens is 205 g/mol. The highest BCUT2D eigenvalue weighted by Gasteiger charge is 2.23. The van der Waals surface area contributed by atoms with E-state index in [4.69, 9.17) is 5.26 Å². The summed E-state index contributed by atoms with van der Waals surface area (Å²) in [6, 6.07) is 3.77. The van der Waals surface area contributed by atoms with E-state index in [0.717, 1.165) is 12.1 Å². The average molecular weight is 214 g/mol. The zero-order chi connectivity index (χ0) is 11.4. The van der Waals surface area contributed by atoms with Crippen LogP contribution in [0.4, 0.5) is 13.2 Å². The predicted molar refractivity (Wildman–Crippen MR) is 48.9 cm³/mol. The highest BCUT2D eigenvalue weighted by atomic mass is 19.3. The Balaban J connectivity index is 3.16. The number of hydrogen-bond acceptors (Lipinski definition) is 2. The molecule has 1 N–H and O–H groups in total. The van der Waals surface area contributed by atoms with E-state index in [9.17, 15) is 13.2 Å². The summed E-state index contributed by atoms with van der Waals surface area (Å²) in [6.07, 6.45) is -2.72. The summed E-state index contributed by atoms with van der Waals surface area (Å²) >= 11 is 0. The van der Waals surface area contributed by atoms with Crippen LogP contribution in [0.2, 0.25) is 0 Å². The van der Waals surface area contributed by atoms with Crippen molar-refractivity contribution in [1.29, 1.82) is 5.26 Å². The van der Waals surface area contributed by atoms with Crippen LogP contribution in [0.1, 0.15) is 17.2 Å². The lowest BCUT2D eigenvalue weighted by Crippen LogP contribution is -2.24. The van der Waals surface area contributed by atoms with Gasteiger partial charge in [0.25, 0.3) is 6.43 Å². The van der Waals surface area contributed by atoms with Crippen LogP contribution in [-0.4, -0.2) is 13.5 Å². The Bertz CT molecular complexity index is 385. The summed E-state index contributed by atoms with van der Waals surface area (Å²) in [6.45, 7) is 0. The molecule has 5 heteroatoms. The topological polar surface area (TPSA) is 35.8 Å². The van der Waals surface area contributed by atoms with Crippen molar-refractivity contribution >= 4 is 0 Å². The molecule has 2 nitrogen and oxygen atoms in total. The SMILES string of the molecule is CNC(c1cc(C#N)ccc1F)C(F)F. The van der Waals surface area contributed by atoms with Gasteiger partial charge in [0.05, 0.1) is 17.7 Å². The minimum absolute atomic E-state index is 0.160. The Morgan fingerprint density at radius 3 is 2.53 bits per heavy atom. The van der Waals surface area contributed by atoms with Crippen LogP contribution in [-0.2, 0) is 0 Å². The molecule has 0 saturated heterocycles. The number of nitrogens with one attached hydrogen (secondary N) is 1. The summed E-state index contributed by atoms with van der Waals surface area (Å²) in [5.41, 5.74) is -0.0288. The molecule has 0 aliphatic heterocycles. The van der Waals surface area contributed by atoms with Crippen molar-refractivity contribution in [2.75, 3.05) is 7.05 Å². The molecule has 0 aromatic heterocycles. The van der Waals surface area contributed by atoms with Gasteiger partial charge in [-0.15, -0.1) is 0 Å². The fourth-order valence-corrected chi connectivity index (χ4v) is 1.27. The van der Waals surface area contributed by atoms with Crippen molar-refractivity contribution in [3.8, 4) is 6.07 Å². The molecule has 1 aromatic carbocycles. The molecule has 0 aliphatic carbocycles. The Kier molecular flexibility index (Phi) is 3.69. The second-order valence-electron chi connectivity index (χ2n) is 2.95. The molecule has 1 rings (SSSR count). The normalized spacial score (nSPS) is 12.5. The molecule has 0 saturated carbocycles. The smallest absolute Gasteiger partial charge is 0.257 e. The number of rotatable bonds is 3. The van der Waals surface area contributed by atoms with Gasteiger partial charge in [0.2, 0.25) is 0 Å². The van der Waals surface area contributed by atoms with Crippen molar-refractivity contribution in [2.45, 2.75) is 12.5 Å². The molecule has 0 bridgehead atoms. The van der Waals surface area contributed by atoms with Crippen LogP contribution in [0, 0.1) is 17.1 Å². The van der Waals surface area contributed by atoms with Gasteiger partial charge in [-0.05, 0) is 25.2 Å². The molecule has 0 spiro atoms. The largest absolute Gasteiger partial charge is 0.308 e. The Morgan fingerprint density at radius 2 is 2.07 bits per heavy atom. The summed E-state index contributed by atoms with van der Waals surface area (Å²) in [5.74, 6) is -0.742. The van der Waals surface area contributed by atoms with Crippen molar-refractivity contribution in [1.82, 2.24) is 5.32 Å². The van der Waals surface area contributed by atoms with E-state index in [-0.39, 0.29) is 11.1 Å². The van der Waals surface area contributed by atoms with Gasteiger partial charge >= 0.3 is 0 Å². The van der Waals surface area contributed by atoms with Crippen LogP contribution in [0.25, 0.3) is 0 Å². The fourth-order valence-electron chi connectivity index (χ4n) is 1.27. The van der Waals surface area contributed by atoms with Gasteiger partial charge in [0.15, 0.2) is 0 Å². The lowest BCUT2D eigenvalue weighted by Gasteiger charge is -2.16. The van der Waals surface area contributed by atoms with Gasteiger partial charge < -0.3 is 5.32 Å². The minimum atomic E-state index is -2.72. The first-order valence-electron chi connectivity index (χ1n) is 4.25. The lowest BCUT2D eigenvalue weighted by atomic mass is 10.0. The summed E-state index contributed by atoms with van der Waals surface area (Å²) in [7, 11) is 1.31. The summed E-state index contributed by atoms with van der Waals surface area (Å²) in [5, 5.41) is 10.9. The first-order chi connectivity index (χ1) is 7.10. The van der Waals surface area contributed by atoms with Crippen LogP contribution < -0.4 is 5.32 Å². The first-order valence-corrected chi connectivity index (χ1v) is 4.25. The van der Waals surface area contributed by atoms with Crippen LogP contribution in [0.5, 0.6) is 0 Å². The zero-order valence-corrected chi connectivity index (χ0v) is 7.97. The standard InChI is InChI=1S/C10H9F3N2/c1-15-9(10(12)13)7-4-6(5-14)2-3-8(7)11/h2-4,9-10,15H,1H3. The highest BCUT2D eigenvalue weighted by molar-refractivity contribution is 5.35. The molecule has 0 fully saturated rings. The Hall–Kier alpha value is -1.54. The van der Waals surface area contributed by atoms with E-state index < -0.39 is 18.3 Å². The number of hydrogen-bond donors (Lipinski definition) is 1. The first kappa shape index (κ1) is 11.5. The molecule has 80 valence electrons. The van der Waals surface area contributed by atoms with E-state index in [0.29, 0.717) is 0 Å². The third-order valence-corrected chi connectivity index (χ3v) is 2.02. The maximum atomic E-state index is 13.2. The van der Waals surface area contributed by atoms with Crippen molar-refractivity contribution in [2.24, 2.45) is 0 Å². The third kappa shape index (κ3) is 2.48. The Morgan fingerprint density at radius 1 is 1.40 bits per heavy atom. The molecule has 1 unspecified atom stereocenters. The van der Waals surface area contributed by atoms with E-state index in [2.05, 4.69) is 5.32 Å². The van der Waals surface area contributed by atoms with Crippen molar-refractivity contribution in [3.05, 3.63) is 35.1 Å². The van der Waals surface area contributed by atoms with Gasteiger partial charge in [0, 0.05) is 5.56 Å². The van der Waals surface area contributed by atoms with Crippen molar-refractivity contribution < 1.29 is 13.2 Å². The van der Waals surface area contributed by atoms with Crippen LogP contribution in [0.3, 0.4) is 0 Å². The number of nitrogens with zero attached hydrogens (tertiary/aromatic N) is 1. The second-order valence-corrected chi connectivity index (χ2v) is 2.95. The van der Waals surface area contributed by atoms with Gasteiger partial charge in [-0.3, -0.25) is 0 Å². The average Bonchev–Trinajstić information content (AvgIpc) is 2.21. The number of nitriles is 1. The maximum absolute atomic E-state index is 13.2. The second kappa shape index (κ2) is 4.80. The highest BCUT2D eigenvalue weighted by Crippen LogP contribution is 2.23. The van der Waals surface area contributed by atoms with Gasteiger partial charge in [0.1, 0.15) is 5.82 Å². The monoisotopic (exact) mass is 214 g/mol. The Labute approximate surface area is 85.3 Å². The van der Waals surface area contributed by atoms with E-state index in [1.165, 1.54) is 13.1 Å². The molecule has 1 aromatic rings. The van der Waals surface area contributed by atoms with E-state index >= 15 is 0 Å². The summed E-state index contributed by atoms with van der Waals surface area (Å²) in [4.78, 5) is 0. The van der Waals surface area contributed by atoms with Crippen molar-refractivity contribution in [3.63, 3.8) is 0 Å². The third-order valence-electron chi connectivity index (χ3n) is 2.02. The van der Waals surface area contributed by atoms with Gasteiger partial charge in [-0.1, -0.05) is 0 Å². The number of halogens is 3. The molecule has 0 amide bonds. The minimum Gasteiger partial charge on any atom is -0.308 e. The quantitative estimate of drug-likeness (QED) is 0.837. The molecule has 1 atom stereocenters.